The normalized spacial score (nSPS) is 56.1. The fourth-order valence-corrected chi connectivity index (χ4v) is 2.44. The number of hydrogen-bond acceptors (Lipinski definition) is 4. The summed E-state index contributed by atoms with van der Waals surface area (Å²) in [4.78, 5) is 21.7. The molecule has 0 spiro atoms. The molecule has 6 nitrogen and oxygen atoms in total. The Morgan fingerprint density at radius 3 is 2.50 bits per heavy atom. The van der Waals surface area contributed by atoms with E-state index in [4.69, 9.17) is 17.3 Å². The zero-order chi connectivity index (χ0) is 11.6. The molecule has 0 aliphatic heterocycles. The maximum absolute atomic E-state index is 10.9. The van der Waals surface area contributed by atoms with Gasteiger partial charge in [0.2, 0.25) is 0 Å². The Labute approximate surface area is 80.7 Å². The molecule has 5 atom stereocenters. The van der Waals surface area contributed by atoms with Crippen LogP contribution in [0.4, 0.5) is 0 Å². The van der Waals surface area contributed by atoms with E-state index in [0.29, 0.717) is 0 Å². The Morgan fingerprint density at radius 1 is 1.50 bits per heavy atom. The van der Waals surface area contributed by atoms with Crippen LogP contribution in [-0.4, -0.2) is 38.9 Å². The van der Waals surface area contributed by atoms with Crippen LogP contribution in [0.15, 0.2) is 0 Å². The van der Waals surface area contributed by atoms with E-state index in [2.05, 4.69) is 0 Å². The molecule has 2 rings (SSSR count). The molecule has 0 saturated heterocycles. The fraction of sp³-hybridized carbons (Fsp3) is 0.750. The molecule has 2 aliphatic rings. The monoisotopic (exact) mass is 202 g/mol. The Hall–Kier alpha value is -1.14. The molecule has 5 N–H and O–H groups in total. The molecule has 0 heterocycles. The van der Waals surface area contributed by atoms with E-state index in [1.165, 1.54) is 0 Å². The third-order valence-electron chi connectivity index (χ3n) is 3.24. The number of carbonyl (C=O) groups is 2. The Kier molecular flexibility index (Phi) is 1.44. The van der Waals surface area contributed by atoms with Gasteiger partial charge >= 0.3 is 11.9 Å². The van der Waals surface area contributed by atoms with E-state index in [1.54, 1.807) is 0 Å². The summed E-state index contributed by atoms with van der Waals surface area (Å²) in [7, 11) is 0. The Bertz CT molecular complexity index is 357. The second-order valence-electron chi connectivity index (χ2n) is 3.88. The first-order valence-corrected chi connectivity index (χ1v) is 4.21. The summed E-state index contributed by atoms with van der Waals surface area (Å²) in [6.45, 7) is 0. The van der Waals surface area contributed by atoms with Crippen molar-refractivity contribution in [2.45, 2.75) is 18.0 Å². The minimum Gasteiger partial charge on any atom is -0.481 e. The zero-order valence-corrected chi connectivity index (χ0v) is 7.17. The van der Waals surface area contributed by atoms with Crippen LogP contribution in [0.25, 0.3) is 0 Å². The Morgan fingerprint density at radius 2 is 2.07 bits per heavy atom. The Balaban J connectivity index is 2.35. The molecule has 0 aromatic carbocycles. The molecular formula is C8H11NO5. The molecule has 0 bridgehead atoms. The van der Waals surface area contributed by atoms with E-state index in [0.717, 1.165) is 0 Å². The second kappa shape index (κ2) is 2.46. The number of rotatable bonds is 2. The molecule has 6 heteroatoms. The van der Waals surface area contributed by atoms with Gasteiger partial charge in [-0.25, -0.2) is 0 Å². The quantitative estimate of drug-likeness (QED) is 0.431. The minimum atomic E-state index is -2.28. The lowest BCUT2D eigenvalue weighted by Gasteiger charge is -2.26. The number of fused-ring (bicyclic) bond motifs is 1. The third kappa shape index (κ3) is 0.869. The summed E-state index contributed by atoms with van der Waals surface area (Å²) in [6.07, 6.45) is -2.47. The highest BCUT2D eigenvalue weighted by atomic mass is 16.4. The predicted octanol–water partition coefficient (Wildman–Crippen LogP) is -1.52. The molecule has 0 radical (unpaired) electrons. The second-order valence-corrected chi connectivity index (χ2v) is 3.88. The first-order chi connectivity index (χ1) is 6.73. The molecule has 0 aromatic rings. The lowest BCUT2D eigenvalue weighted by molar-refractivity contribution is -0.149. The van der Waals surface area contributed by atoms with Crippen LogP contribution in [0, 0.1) is 17.8 Å². The average molecular weight is 202 g/mol. The number of nitrogens with two attached hydrogens (primary N) is 1. The molecule has 2 fully saturated rings. The number of hydrogen-bond donors (Lipinski definition) is 4. The lowest BCUT2D eigenvalue weighted by atomic mass is 9.89. The van der Waals surface area contributed by atoms with Crippen molar-refractivity contribution in [2.75, 3.05) is 0 Å². The maximum atomic E-state index is 10.9. The van der Waals surface area contributed by atoms with Gasteiger partial charge < -0.3 is 21.1 Å². The molecule has 0 unspecified atom stereocenters. The van der Waals surface area contributed by atoms with Crippen LogP contribution in [0.5, 0.6) is 0 Å². The number of carboxylic acid groups (broad SMARTS) is 2. The van der Waals surface area contributed by atoms with E-state index in [1.807, 2.05) is 0 Å². The van der Waals surface area contributed by atoms with Crippen LogP contribution in [0.1, 0.15) is 7.79 Å². The van der Waals surface area contributed by atoms with Gasteiger partial charge in [0.05, 0.1) is 13.4 Å². The van der Waals surface area contributed by atoms with E-state index >= 15 is 0 Å². The van der Waals surface area contributed by atoms with Crippen LogP contribution in [-0.2, 0) is 9.59 Å². The van der Waals surface area contributed by atoms with Crippen molar-refractivity contribution in [1.82, 2.24) is 0 Å². The highest BCUT2D eigenvalue weighted by Gasteiger charge is 2.73. The fourth-order valence-electron chi connectivity index (χ4n) is 2.44. The van der Waals surface area contributed by atoms with Crippen molar-refractivity contribution in [1.29, 1.82) is 0 Å². The van der Waals surface area contributed by atoms with E-state index < -0.39 is 41.3 Å². The van der Waals surface area contributed by atoms with Crippen molar-refractivity contribution in [2.24, 2.45) is 23.5 Å². The van der Waals surface area contributed by atoms with E-state index in [9.17, 15) is 14.7 Å². The standard InChI is InChI=1S/C8H11NO5/c9-8(7(13)14)3(10)1-2-4(5(2)8)6(11)12/h2-5,10H,1,9H2,(H,11,12)(H,13,14)/t2-,3+,4-,5-,8-/m0/s1/i3D. The predicted molar refractivity (Wildman–Crippen MR) is 43.3 cm³/mol. The van der Waals surface area contributed by atoms with Crippen LogP contribution in [0.3, 0.4) is 0 Å². The summed E-state index contributed by atoms with van der Waals surface area (Å²) >= 11 is 0. The van der Waals surface area contributed by atoms with Gasteiger partial charge in [-0.05, 0) is 12.3 Å². The highest BCUT2D eigenvalue weighted by molar-refractivity contribution is 5.86. The lowest BCUT2D eigenvalue weighted by Crippen LogP contribution is -2.57. The molecule has 0 aromatic heterocycles. The third-order valence-corrected chi connectivity index (χ3v) is 3.24. The van der Waals surface area contributed by atoms with Gasteiger partial charge in [0.15, 0.2) is 0 Å². The topological polar surface area (TPSA) is 121 Å². The minimum absolute atomic E-state index is 0.197. The first-order valence-electron chi connectivity index (χ1n) is 4.71. The van der Waals surface area contributed by atoms with E-state index in [-0.39, 0.29) is 6.42 Å². The van der Waals surface area contributed by atoms with Gasteiger partial charge in [0.25, 0.3) is 0 Å². The maximum Gasteiger partial charge on any atom is 0.326 e. The summed E-state index contributed by atoms with van der Waals surface area (Å²) in [5.74, 6) is -4.80. The van der Waals surface area contributed by atoms with Crippen molar-refractivity contribution in [3.63, 3.8) is 0 Å². The summed E-state index contributed by atoms with van der Waals surface area (Å²) in [5, 5.41) is 27.2. The van der Waals surface area contributed by atoms with Gasteiger partial charge in [-0.3, -0.25) is 9.59 Å². The molecule has 2 saturated carbocycles. The van der Waals surface area contributed by atoms with Crippen molar-refractivity contribution in [3.05, 3.63) is 0 Å². The number of carboxylic acids is 2. The van der Waals surface area contributed by atoms with Gasteiger partial charge in [0.1, 0.15) is 5.54 Å². The largest absolute Gasteiger partial charge is 0.481 e. The average Bonchev–Trinajstić information content (AvgIpc) is 2.70. The van der Waals surface area contributed by atoms with Gasteiger partial charge in [-0.2, -0.15) is 0 Å². The molecular weight excluding hydrogens is 190 g/mol. The highest BCUT2D eigenvalue weighted by Crippen LogP contribution is 2.61. The smallest absolute Gasteiger partial charge is 0.326 e. The van der Waals surface area contributed by atoms with Crippen LogP contribution < -0.4 is 5.73 Å². The van der Waals surface area contributed by atoms with Gasteiger partial charge in [-0.1, -0.05) is 0 Å². The van der Waals surface area contributed by atoms with Gasteiger partial charge in [-0.15, -0.1) is 0 Å². The SMILES string of the molecule is [2H][C@@]1(O)C[C@H]2[C@H](C(=O)O)[C@H]2[C@]1(N)C(=O)O. The van der Waals surface area contributed by atoms with Crippen molar-refractivity contribution >= 4 is 11.9 Å². The summed E-state index contributed by atoms with van der Waals surface area (Å²) < 4.78 is 7.42. The van der Waals surface area contributed by atoms with Crippen LogP contribution in [0.2, 0.25) is 0 Å². The molecule has 14 heavy (non-hydrogen) atoms. The zero-order valence-electron chi connectivity index (χ0n) is 8.17. The van der Waals surface area contributed by atoms with Gasteiger partial charge in [0, 0.05) is 5.92 Å². The van der Waals surface area contributed by atoms with Crippen molar-refractivity contribution in [3.8, 4) is 0 Å². The van der Waals surface area contributed by atoms with Crippen molar-refractivity contribution < 1.29 is 26.3 Å². The summed E-state index contributed by atoms with van der Waals surface area (Å²) in [5.41, 5.74) is 3.33. The van der Waals surface area contributed by atoms with Crippen LogP contribution >= 0.6 is 0 Å². The molecule has 78 valence electrons. The molecule has 0 amide bonds. The number of aliphatic hydroxyl groups is 1. The molecule has 2 aliphatic carbocycles. The summed E-state index contributed by atoms with van der Waals surface area (Å²) in [6, 6.07) is 0. The number of aliphatic carboxylic acids is 2. The first kappa shape index (κ1) is 8.19.